The van der Waals surface area contributed by atoms with Crippen molar-refractivity contribution in [1.82, 2.24) is 9.47 Å². The van der Waals surface area contributed by atoms with Crippen LogP contribution in [0.1, 0.15) is 22.8 Å². The van der Waals surface area contributed by atoms with E-state index in [0.717, 1.165) is 29.5 Å². The number of aromatic nitrogens is 1. The van der Waals surface area contributed by atoms with E-state index in [0.29, 0.717) is 50.2 Å². The summed E-state index contributed by atoms with van der Waals surface area (Å²) >= 11 is 0. The molecule has 1 atom stereocenters. The molecule has 0 saturated carbocycles. The van der Waals surface area contributed by atoms with Gasteiger partial charge in [-0.3, -0.25) is 9.59 Å². The predicted octanol–water partition coefficient (Wildman–Crippen LogP) is 4.44. The molecule has 3 aromatic rings. The molecule has 5 rings (SSSR count). The lowest BCUT2D eigenvalue weighted by Crippen LogP contribution is -2.50. The number of benzene rings is 2. The number of halogens is 4. The first-order valence-corrected chi connectivity index (χ1v) is 13.7. The van der Waals surface area contributed by atoms with Gasteiger partial charge in [0.1, 0.15) is 5.82 Å². The molecule has 2 aromatic carbocycles. The van der Waals surface area contributed by atoms with E-state index in [2.05, 4.69) is 15.1 Å². The smallest absolute Gasteiger partial charge is 0.378 e. The van der Waals surface area contributed by atoms with Gasteiger partial charge in [0, 0.05) is 69.3 Å². The van der Waals surface area contributed by atoms with Crippen molar-refractivity contribution in [3.05, 3.63) is 76.0 Å². The number of aryl methyl sites for hydroxylation is 1. The van der Waals surface area contributed by atoms with E-state index in [1.54, 1.807) is 12.1 Å². The van der Waals surface area contributed by atoms with Gasteiger partial charge in [-0.2, -0.15) is 13.2 Å². The number of pyridine rings is 1. The highest BCUT2D eigenvalue weighted by Gasteiger charge is 2.36. The predicted molar refractivity (Wildman–Crippen MR) is 154 cm³/mol. The number of hydrogen-bond acceptors (Lipinski definition) is 6. The summed E-state index contributed by atoms with van der Waals surface area (Å²) in [5, 5.41) is 2.61. The molecule has 2 fully saturated rings. The second kappa shape index (κ2) is 11.8. The second-order valence-electron chi connectivity index (χ2n) is 10.8. The average molecular weight is 588 g/mol. The maximum atomic E-state index is 15.7. The zero-order valence-electron chi connectivity index (χ0n) is 23.7. The Morgan fingerprint density at radius 2 is 1.67 bits per heavy atom. The summed E-state index contributed by atoms with van der Waals surface area (Å²) in [6.45, 7) is 6.49. The molecule has 3 heterocycles. The molecule has 1 N–H and O–H groups in total. The largest absolute Gasteiger partial charge is 0.417 e. The van der Waals surface area contributed by atoms with Gasteiger partial charge in [-0.15, -0.1) is 0 Å². The van der Waals surface area contributed by atoms with Gasteiger partial charge in [-0.1, -0.05) is 12.1 Å². The Morgan fingerprint density at radius 3 is 2.31 bits per heavy atom. The number of amides is 1. The first kappa shape index (κ1) is 29.6. The van der Waals surface area contributed by atoms with Crippen LogP contribution in [0.4, 0.5) is 34.6 Å². The number of nitrogens with one attached hydrogen (secondary N) is 1. The van der Waals surface area contributed by atoms with Gasteiger partial charge >= 0.3 is 6.18 Å². The Morgan fingerprint density at radius 1 is 0.976 bits per heavy atom. The fraction of sp³-hybridized carbons (Fsp3) is 0.400. The van der Waals surface area contributed by atoms with Crippen molar-refractivity contribution in [3.8, 4) is 11.1 Å². The van der Waals surface area contributed by atoms with Crippen molar-refractivity contribution in [2.75, 3.05) is 68.1 Å². The minimum atomic E-state index is -4.92. The molecule has 2 saturated heterocycles. The van der Waals surface area contributed by atoms with E-state index in [4.69, 9.17) is 4.74 Å². The zero-order valence-corrected chi connectivity index (χ0v) is 23.7. The van der Waals surface area contributed by atoms with E-state index in [1.165, 1.54) is 19.2 Å². The van der Waals surface area contributed by atoms with Crippen LogP contribution >= 0.6 is 0 Å². The number of anilines is 3. The summed E-state index contributed by atoms with van der Waals surface area (Å²) in [4.78, 5) is 31.6. The fourth-order valence-corrected chi connectivity index (χ4v) is 5.32. The van der Waals surface area contributed by atoms with Crippen LogP contribution in [-0.4, -0.2) is 74.4 Å². The Labute approximate surface area is 241 Å². The number of nitrogens with zero attached hydrogens (tertiary/aromatic N) is 4. The van der Waals surface area contributed by atoms with Crippen molar-refractivity contribution < 1.29 is 27.1 Å². The van der Waals surface area contributed by atoms with Gasteiger partial charge in [0.15, 0.2) is 0 Å². The van der Waals surface area contributed by atoms with E-state index in [9.17, 15) is 22.8 Å². The maximum Gasteiger partial charge on any atom is 0.417 e. The average Bonchev–Trinajstić information content (AvgIpc) is 2.96. The zero-order chi connectivity index (χ0) is 30.2. The highest BCUT2D eigenvalue weighted by atomic mass is 19.4. The minimum absolute atomic E-state index is 0.123. The van der Waals surface area contributed by atoms with Crippen molar-refractivity contribution in [2.45, 2.75) is 19.1 Å². The van der Waals surface area contributed by atoms with Crippen LogP contribution in [0.5, 0.6) is 0 Å². The molecule has 8 nitrogen and oxygen atoms in total. The van der Waals surface area contributed by atoms with E-state index in [-0.39, 0.29) is 17.3 Å². The number of hydrogen-bond donors (Lipinski definition) is 1. The van der Waals surface area contributed by atoms with E-state index >= 15 is 4.39 Å². The lowest BCUT2D eigenvalue weighted by Gasteiger charge is -2.39. The molecule has 1 amide bonds. The first-order valence-electron chi connectivity index (χ1n) is 13.7. The quantitative estimate of drug-likeness (QED) is 0.446. The lowest BCUT2D eigenvalue weighted by atomic mass is 10.0. The fourth-order valence-electron chi connectivity index (χ4n) is 5.32. The van der Waals surface area contributed by atoms with Crippen LogP contribution in [0, 0.1) is 5.82 Å². The summed E-state index contributed by atoms with van der Waals surface area (Å²) in [7, 11) is 3.25. The van der Waals surface area contributed by atoms with Crippen molar-refractivity contribution >= 4 is 23.0 Å². The molecular formula is C30H33F4N5O3. The summed E-state index contributed by atoms with van der Waals surface area (Å²) in [5.74, 6) is -1.58. The molecule has 2 aliphatic heterocycles. The Bertz CT molecular complexity index is 1520. The molecule has 224 valence electrons. The maximum absolute atomic E-state index is 15.7. The number of carbonyl (C=O) groups excluding carboxylic acids is 1. The minimum Gasteiger partial charge on any atom is -0.378 e. The Kier molecular flexibility index (Phi) is 8.29. The number of alkyl halides is 3. The van der Waals surface area contributed by atoms with Gasteiger partial charge < -0.3 is 29.3 Å². The molecule has 12 heteroatoms. The number of likely N-dealkylation sites (N-methyl/N-ethyl adjacent to an activating group) is 1. The third-order valence-corrected chi connectivity index (χ3v) is 7.97. The molecule has 0 aliphatic carbocycles. The molecule has 0 radical (unpaired) electrons. The Hall–Kier alpha value is -3.90. The summed E-state index contributed by atoms with van der Waals surface area (Å²) in [5.41, 5.74) is -0.677. The van der Waals surface area contributed by atoms with Crippen LogP contribution in [0.3, 0.4) is 0 Å². The monoisotopic (exact) mass is 587 g/mol. The molecule has 42 heavy (non-hydrogen) atoms. The van der Waals surface area contributed by atoms with Crippen LogP contribution in [0.25, 0.3) is 11.1 Å². The number of rotatable bonds is 5. The van der Waals surface area contributed by atoms with Crippen LogP contribution < -0.4 is 20.7 Å². The summed E-state index contributed by atoms with van der Waals surface area (Å²) in [6, 6.07) is 10.6. The summed E-state index contributed by atoms with van der Waals surface area (Å²) < 4.78 is 63.5. The molecular weight excluding hydrogens is 554 g/mol. The molecule has 0 spiro atoms. The Balaban J connectivity index is 1.55. The van der Waals surface area contributed by atoms with Gasteiger partial charge in [0.05, 0.1) is 35.7 Å². The van der Waals surface area contributed by atoms with Gasteiger partial charge in [0.25, 0.3) is 11.5 Å². The summed E-state index contributed by atoms with van der Waals surface area (Å²) in [6.07, 6.45) is -4.06. The van der Waals surface area contributed by atoms with Gasteiger partial charge in [-0.05, 0) is 43.8 Å². The number of morpholine rings is 1. The third kappa shape index (κ3) is 6.14. The normalized spacial score (nSPS) is 18.3. The van der Waals surface area contributed by atoms with E-state index in [1.807, 2.05) is 31.0 Å². The second-order valence-corrected chi connectivity index (χ2v) is 10.8. The van der Waals surface area contributed by atoms with Crippen molar-refractivity contribution in [1.29, 1.82) is 0 Å². The molecule has 0 unspecified atom stereocenters. The number of ether oxygens (including phenoxy) is 1. The highest BCUT2D eigenvalue weighted by molar-refractivity contribution is 6.07. The third-order valence-electron chi connectivity index (χ3n) is 7.97. The van der Waals surface area contributed by atoms with Crippen LogP contribution in [-0.2, 0) is 18.0 Å². The lowest BCUT2D eigenvalue weighted by molar-refractivity contribution is -0.138. The molecule has 1 aromatic heterocycles. The topological polar surface area (TPSA) is 70.0 Å². The number of carbonyl (C=O) groups is 1. The molecule has 2 aliphatic rings. The number of piperazine rings is 1. The molecule has 0 bridgehead atoms. The van der Waals surface area contributed by atoms with Crippen LogP contribution in [0.15, 0.2) is 53.5 Å². The van der Waals surface area contributed by atoms with Crippen LogP contribution in [0.2, 0.25) is 0 Å². The SMILES string of the molecule is C[C@@H]1CN(c2cc(F)c(-c3ccc(N4CCOCC4)cc3)cc2NC(=O)c2cn(C)c(=O)cc2C(F)(F)F)CCN1C. The van der Waals surface area contributed by atoms with Gasteiger partial charge in [0.2, 0.25) is 0 Å². The van der Waals surface area contributed by atoms with Crippen molar-refractivity contribution in [3.63, 3.8) is 0 Å². The first-order chi connectivity index (χ1) is 19.9. The standard InChI is InChI=1S/C30H33F4N5O3/c1-19-17-39(9-8-36(19)2)27-16-25(31)22(20-4-6-21(7-5-20)38-10-12-42-13-11-38)14-26(27)35-29(41)23-18-37(3)28(40)15-24(23)30(32,33)34/h4-7,14-16,18-19H,8-13,17H2,1-3H3,(H,35,41)/t19-/m1/s1. The van der Waals surface area contributed by atoms with E-state index < -0.39 is 34.6 Å². The van der Waals surface area contributed by atoms with Crippen molar-refractivity contribution in [2.24, 2.45) is 7.05 Å². The highest BCUT2D eigenvalue weighted by Crippen LogP contribution is 2.37. The van der Waals surface area contributed by atoms with Gasteiger partial charge in [-0.25, -0.2) is 4.39 Å².